The van der Waals surface area contributed by atoms with E-state index in [1.807, 2.05) is 12.1 Å². The highest BCUT2D eigenvalue weighted by Crippen LogP contribution is 2.17. The number of hydrogen-bond donors (Lipinski definition) is 2. The Kier molecular flexibility index (Phi) is 8.62. The molecule has 0 aliphatic carbocycles. The first-order chi connectivity index (χ1) is 13.8. The van der Waals surface area contributed by atoms with Crippen LogP contribution in [0.1, 0.15) is 13.3 Å². The van der Waals surface area contributed by atoms with E-state index in [2.05, 4.69) is 26.0 Å². The minimum atomic E-state index is -3.77. The van der Waals surface area contributed by atoms with Gasteiger partial charge in [-0.2, -0.15) is 0 Å². The van der Waals surface area contributed by atoms with Gasteiger partial charge in [-0.3, -0.25) is 9.59 Å². The van der Waals surface area contributed by atoms with Crippen LogP contribution in [0.15, 0.2) is 57.9 Å². The van der Waals surface area contributed by atoms with Crippen LogP contribution in [0.3, 0.4) is 0 Å². The SMILES string of the molecule is CC(=O)Nc1ccc(S(=O)(=O)NCCC(=O)OCCOc2cccc(Br)c2)cc1. The Labute approximate surface area is 177 Å². The molecule has 0 heterocycles. The van der Waals surface area contributed by atoms with E-state index in [1.54, 1.807) is 12.1 Å². The molecule has 0 aliphatic heterocycles. The molecule has 1 amide bonds. The van der Waals surface area contributed by atoms with Crippen molar-refractivity contribution in [2.24, 2.45) is 0 Å². The molecule has 2 rings (SSSR count). The Morgan fingerprint density at radius 3 is 2.45 bits per heavy atom. The van der Waals surface area contributed by atoms with Crippen molar-refractivity contribution < 1.29 is 27.5 Å². The topological polar surface area (TPSA) is 111 Å². The molecule has 0 aromatic heterocycles. The van der Waals surface area contributed by atoms with Crippen LogP contribution in [-0.2, 0) is 24.3 Å². The first-order valence-corrected chi connectivity index (χ1v) is 11.0. The molecule has 0 bridgehead atoms. The summed E-state index contributed by atoms with van der Waals surface area (Å²) in [5.74, 6) is -0.140. The third-order valence-corrected chi connectivity index (χ3v) is 5.49. The van der Waals surface area contributed by atoms with E-state index in [9.17, 15) is 18.0 Å². The maximum Gasteiger partial charge on any atom is 0.307 e. The number of sulfonamides is 1. The van der Waals surface area contributed by atoms with Crippen LogP contribution in [0.2, 0.25) is 0 Å². The second-order valence-corrected chi connectivity index (χ2v) is 8.56. The largest absolute Gasteiger partial charge is 0.490 e. The summed E-state index contributed by atoms with van der Waals surface area (Å²) < 4.78 is 38.1. The van der Waals surface area contributed by atoms with Gasteiger partial charge in [0.05, 0.1) is 11.3 Å². The number of carbonyl (C=O) groups excluding carboxylic acids is 2. The summed E-state index contributed by atoms with van der Waals surface area (Å²) in [7, 11) is -3.77. The van der Waals surface area contributed by atoms with Crippen LogP contribution in [0.5, 0.6) is 5.75 Å². The number of carbonyl (C=O) groups is 2. The number of ether oxygens (including phenoxy) is 2. The molecule has 2 N–H and O–H groups in total. The zero-order valence-corrected chi connectivity index (χ0v) is 18.1. The van der Waals surface area contributed by atoms with E-state index in [1.165, 1.54) is 31.2 Å². The number of rotatable bonds is 10. The van der Waals surface area contributed by atoms with Gasteiger partial charge in [0.2, 0.25) is 15.9 Å². The van der Waals surface area contributed by atoms with Gasteiger partial charge in [0.1, 0.15) is 19.0 Å². The lowest BCUT2D eigenvalue weighted by Crippen LogP contribution is -2.27. The quantitative estimate of drug-likeness (QED) is 0.396. The van der Waals surface area contributed by atoms with Gasteiger partial charge >= 0.3 is 5.97 Å². The minimum Gasteiger partial charge on any atom is -0.490 e. The fourth-order valence-corrected chi connectivity index (χ4v) is 3.65. The first-order valence-electron chi connectivity index (χ1n) is 8.67. The van der Waals surface area contributed by atoms with Crippen molar-refractivity contribution in [1.29, 1.82) is 0 Å². The highest BCUT2D eigenvalue weighted by Gasteiger charge is 2.14. The third-order valence-electron chi connectivity index (χ3n) is 3.52. The van der Waals surface area contributed by atoms with E-state index < -0.39 is 16.0 Å². The molecule has 0 spiro atoms. The summed E-state index contributed by atoms with van der Waals surface area (Å²) in [4.78, 5) is 22.7. The molecule has 29 heavy (non-hydrogen) atoms. The maximum absolute atomic E-state index is 12.2. The number of anilines is 1. The molecule has 0 aliphatic rings. The highest BCUT2D eigenvalue weighted by molar-refractivity contribution is 9.10. The predicted molar refractivity (Wildman–Crippen MR) is 111 cm³/mol. The minimum absolute atomic E-state index is 0.0300. The Bertz CT molecular complexity index is 947. The standard InChI is InChI=1S/C19H21BrN2O6S/c1-14(23)22-16-5-7-18(8-6-16)29(25,26)21-10-9-19(24)28-12-11-27-17-4-2-3-15(20)13-17/h2-8,13,21H,9-12H2,1H3,(H,22,23). The molecule has 8 nitrogen and oxygen atoms in total. The van der Waals surface area contributed by atoms with Crippen molar-refractivity contribution in [1.82, 2.24) is 4.72 Å². The molecule has 10 heteroatoms. The van der Waals surface area contributed by atoms with Gasteiger partial charge < -0.3 is 14.8 Å². The number of esters is 1. The lowest BCUT2D eigenvalue weighted by molar-refractivity contribution is -0.144. The fraction of sp³-hybridized carbons (Fsp3) is 0.263. The molecule has 2 aromatic rings. The Balaban J connectivity index is 1.69. The first kappa shape index (κ1) is 22.9. The van der Waals surface area contributed by atoms with Gasteiger partial charge in [0, 0.05) is 23.6 Å². The molecule has 0 saturated carbocycles. The molecule has 2 aromatic carbocycles. The van der Waals surface area contributed by atoms with E-state index in [0.29, 0.717) is 11.4 Å². The molecule has 156 valence electrons. The number of halogens is 1. The van der Waals surface area contributed by atoms with E-state index in [-0.39, 0.29) is 37.0 Å². The molecule has 0 saturated heterocycles. The lowest BCUT2D eigenvalue weighted by Gasteiger charge is -2.09. The van der Waals surface area contributed by atoms with Gasteiger partial charge in [-0.1, -0.05) is 22.0 Å². The van der Waals surface area contributed by atoms with E-state index in [0.717, 1.165) is 4.47 Å². The maximum atomic E-state index is 12.2. The summed E-state index contributed by atoms with van der Waals surface area (Å²) >= 11 is 3.33. The number of amides is 1. The van der Waals surface area contributed by atoms with E-state index >= 15 is 0 Å². The average molecular weight is 485 g/mol. The van der Waals surface area contributed by atoms with Crippen molar-refractivity contribution in [3.63, 3.8) is 0 Å². The van der Waals surface area contributed by atoms with Crippen molar-refractivity contribution >= 4 is 43.5 Å². The highest BCUT2D eigenvalue weighted by atomic mass is 79.9. The summed E-state index contributed by atoms with van der Waals surface area (Å²) in [6.07, 6.45) is -0.111. The van der Waals surface area contributed by atoms with E-state index in [4.69, 9.17) is 9.47 Å². The second kappa shape index (κ2) is 10.9. The van der Waals surface area contributed by atoms with Crippen LogP contribution in [0.25, 0.3) is 0 Å². The Morgan fingerprint density at radius 2 is 1.79 bits per heavy atom. The molecular weight excluding hydrogens is 464 g/mol. The number of benzene rings is 2. The fourth-order valence-electron chi connectivity index (χ4n) is 2.24. The van der Waals surface area contributed by atoms with Crippen molar-refractivity contribution in [2.75, 3.05) is 25.1 Å². The molecule has 0 radical (unpaired) electrons. The van der Waals surface area contributed by atoms with Crippen LogP contribution < -0.4 is 14.8 Å². The zero-order valence-electron chi connectivity index (χ0n) is 15.7. The van der Waals surface area contributed by atoms with Crippen LogP contribution in [0.4, 0.5) is 5.69 Å². The molecule has 0 atom stereocenters. The molecule has 0 fully saturated rings. The number of nitrogens with one attached hydrogen (secondary N) is 2. The van der Waals surface area contributed by atoms with Gasteiger partial charge in [-0.15, -0.1) is 0 Å². The second-order valence-electron chi connectivity index (χ2n) is 5.88. The van der Waals surface area contributed by atoms with Gasteiger partial charge in [-0.25, -0.2) is 13.1 Å². The summed E-state index contributed by atoms with van der Waals surface area (Å²) in [5.41, 5.74) is 0.491. The Hall–Kier alpha value is -2.43. The zero-order chi connectivity index (χ0) is 21.3. The van der Waals surface area contributed by atoms with Crippen LogP contribution in [-0.4, -0.2) is 40.1 Å². The van der Waals surface area contributed by atoms with Crippen molar-refractivity contribution in [2.45, 2.75) is 18.2 Å². The Morgan fingerprint density at radius 1 is 1.07 bits per heavy atom. The summed E-state index contributed by atoms with van der Waals surface area (Å²) in [5, 5.41) is 2.55. The summed E-state index contributed by atoms with van der Waals surface area (Å²) in [6, 6.07) is 13.0. The number of hydrogen-bond acceptors (Lipinski definition) is 6. The average Bonchev–Trinajstić information content (AvgIpc) is 2.65. The van der Waals surface area contributed by atoms with Gasteiger partial charge in [0.25, 0.3) is 0 Å². The van der Waals surface area contributed by atoms with Crippen LogP contribution in [0, 0.1) is 0 Å². The van der Waals surface area contributed by atoms with Crippen molar-refractivity contribution in [3.8, 4) is 5.75 Å². The lowest BCUT2D eigenvalue weighted by atomic mass is 10.3. The van der Waals surface area contributed by atoms with Gasteiger partial charge in [-0.05, 0) is 42.5 Å². The van der Waals surface area contributed by atoms with Crippen LogP contribution >= 0.6 is 15.9 Å². The molecule has 0 unspecified atom stereocenters. The van der Waals surface area contributed by atoms with Crippen molar-refractivity contribution in [3.05, 3.63) is 53.0 Å². The third kappa shape index (κ3) is 8.22. The van der Waals surface area contributed by atoms with Gasteiger partial charge in [0.15, 0.2) is 0 Å². The predicted octanol–water partition coefficient (Wildman–Crippen LogP) is 2.70. The normalized spacial score (nSPS) is 11.0. The summed E-state index contributed by atoms with van der Waals surface area (Å²) in [6.45, 7) is 1.51. The molecular formula is C19H21BrN2O6S. The monoisotopic (exact) mass is 484 g/mol. The smallest absolute Gasteiger partial charge is 0.307 e.